The van der Waals surface area contributed by atoms with Gasteiger partial charge in [-0.3, -0.25) is 4.79 Å². The zero-order valence-corrected chi connectivity index (χ0v) is 14.5. The van der Waals surface area contributed by atoms with E-state index >= 15 is 0 Å². The molecule has 1 unspecified atom stereocenters. The van der Waals surface area contributed by atoms with Gasteiger partial charge in [0, 0.05) is 13.0 Å². The first-order valence-electron chi connectivity index (χ1n) is 7.40. The molecule has 0 saturated heterocycles. The van der Waals surface area contributed by atoms with Crippen LogP contribution in [0.15, 0.2) is 24.3 Å². The first-order valence-corrected chi connectivity index (χ1v) is 8.62. The maximum atomic E-state index is 12.2. The summed E-state index contributed by atoms with van der Waals surface area (Å²) in [5.74, 6) is -0.0389. The fraction of sp³-hybridized carbons (Fsp3) is 0.438. The smallest absolute Gasteiger partial charge is 0.221 e. The van der Waals surface area contributed by atoms with E-state index in [1.54, 1.807) is 11.3 Å². The lowest BCUT2D eigenvalue weighted by Gasteiger charge is -2.25. The van der Waals surface area contributed by atoms with Crippen molar-refractivity contribution in [1.82, 2.24) is 10.3 Å². The summed E-state index contributed by atoms with van der Waals surface area (Å²) in [6, 6.07) is 7.88. The fourth-order valence-corrected chi connectivity index (χ4v) is 3.52. The zero-order valence-electron chi connectivity index (χ0n) is 12.9. The number of amides is 1. The van der Waals surface area contributed by atoms with Crippen molar-refractivity contribution < 1.29 is 4.79 Å². The molecule has 0 spiro atoms. The Kier molecular flexibility index (Phi) is 5.47. The van der Waals surface area contributed by atoms with Crippen LogP contribution in [0.25, 0.3) is 10.2 Å². The molecule has 1 amide bonds. The average Bonchev–Trinajstić information content (AvgIpc) is 2.91. The number of para-hydroxylation sites is 1. The Hall–Kier alpha value is -1.53. The van der Waals surface area contributed by atoms with Crippen molar-refractivity contribution in [3.05, 3.63) is 29.3 Å². The Morgan fingerprint density at radius 2 is 2.18 bits per heavy atom. The lowest BCUT2D eigenvalue weighted by Crippen LogP contribution is -2.42. The number of hydrogen-bond acceptors (Lipinski definition) is 4. The number of nitrogens with one attached hydrogen (secondary N) is 1. The van der Waals surface area contributed by atoms with Gasteiger partial charge in [-0.05, 0) is 25.5 Å². The molecule has 3 N–H and O–H groups in total. The molecule has 118 valence electrons. The van der Waals surface area contributed by atoms with E-state index in [9.17, 15) is 4.79 Å². The van der Waals surface area contributed by atoms with Crippen molar-refractivity contribution >= 4 is 44.7 Å². The number of fused-ring (bicyclic) bond motifs is 1. The van der Waals surface area contributed by atoms with Crippen LogP contribution < -0.4 is 11.1 Å². The first kappa shape index (κ1) is 16.8. The standard InChI is InChI=1S/C16H21N3OS2/c1-3-4-9-18-13(20)10-16(2,14(17)21)15-19-11-7-5-6-8-12(11)22-15/h5-8H,3-4,9-10H2,1-2H3,(H2,17,21)(H,18,20). The maximum Gasteiger partial charge on any atom is 0.221 e. The number of nitrogens with two attached hydrogens (primary N) is 1. The van der Waals surface area contributed by atoms with Crippen LogP contribution in [-0.4, -0.2) is 22.4 Å². The second kappa shape index (κ2) is 7.15. The summed E-state index contributed by atoms with van der Waals surface area (Å²) < 4.78 is 1.08. The topological polar surface area (TPSA) is 68.0 Å². The quantitative estimate of drug-likeness (QED) is 0.602. The van der Waals surface area contributed by atoms with E-state index in [1.807, 2.05) is 31.2 Å². The number of aromatic nitrogens is 1. The van der Waals surface area contributed by atoms with Crippen LogP contribution in [0.5, 0.6) is 0 Å². The Bertz CT molecular complexity index is 650. The second-order valence-electron chi connectivity index (χ2n) is 5.56. The summed E-state index contributed by atoms with van der Waals surface area (Å²) in [6.07, 6.45) is 2.24. The number of carbonyl (C=O) groups excluding carboxylic acids is 1. The van der Waals surface area contributed by atoms with Crippen LogP contribution in [0.3, 0.4) is 0 Å². The van der Waals surface area contributed by atoms with Crippen LogP contribution in [0.4, 0.5) is 0 Å². The minimum atomic E-state index is -0.713. The summed E-state index contributed by atoms with van der Waals surface area (Å²) in [5.41, 5.74) is 6.15. The summed E-state index contributed by atoms with van der Waals surface area (Å²) in [6.45, 7) is 4.67. The summed E-state index contributed by atoms with van der Waals surface area (Å²) >= 11 is 6.78. The van der Waals surface area contributed by atoms with Gasteiger partial charge in [0.05, 0.1) is 20.6 Å². The van der Waals surface area contributed by atoms with Crippen molar-refractivity contribution in [2.45, 2.75) is 38.5 Å². The highest BCUT2D eigenvalue weighted by atomic mass is 32.1. The predicted molar refractivity (Wildman–Crippen MR) is 96.3 cm³/mol. The van der Waals surface area contributed by atoms with E-state index in [1.165, 1.54) is 0 Å². The number of thiazole rings is 1. The molecule has 0 radical (unpaired) electrons. The van der Waals surface area contributed by atoms with E-state index in [-0.39, 0.29) is 12.3 Å². The van der Waals surface area contributed by atoms with Gasteiger partial charge in [-0.25, -0.2) is 4.98 Å². The Labute approximate surface area is 140 Å². The molecular formula is C16H21N3OS2. The highest BCUT2D eigenvalue weighted by molar-refractivity contribution is 7.80. The Morgan fingerprint density at radius 3 is 2.82 bits per heavy atom. The van der Waals surface area contributed by atoms with Crippen LogP contribution in [-0.2, 0) is 10.2 Å². The van der Waals surface area contributed by atoms with Crippen LogP contribution in [0.2, 0.25) is 0 Å². The van der Waals surface area contributed by atoms with E-state index in [0.29, 0.717) is 11.5 Å². The summed E-state index contributed by atoms with van der Waals surface area (Å²) in [5, 5.41) is 3.72. The highest BCUT2D eigenvalue weighted by Crippen LogP contribution is 2.34. The lowest BCUT2D eigenvalue weighted by atomic mass is 9.87. The molecule has 0 saturated carbocycles. The molecule has 2 rings (SSSR count). The SMILES string of the molecule is CCCCNC(=O)CC(C)(C(N)=S)c1nc2ccccc2s1. The number of hydrogen-bond donors (Lipinski definition) is 2. The molecule has 0 bridgehead atoms. The first-order chi connectivity index (χ1) is 10.5. The third kappa shape index (κ3) is 3.62. The molecule has 1 aromatic heterocycles. The van der Waals surface area contributed by atoms with Gasteiger partial charge < -0.3 is 11.1 Å². The highest BCUT2D eigenvalue weighted by Gasteiger charge is 2.36. The third-order valence-electron chi connectivity index (χ3n) is 3.68. The molecular weight excluding hydrogens is 314 g/mol. The van der Waals surface area contributed by atoms with Crippen LogP contribution >= 0.6 is 23.6 Å². The monoisotopic (exact) mass is 335 g/mol. The predicted octanol–water partition coefficient (Wildman–Crippen LogP) is 3.15. The number of unbranched alkanes of at least 4 members (excludes halogenated alkanes) is 1. The molecule has 2 aromatic rings. The number of thiocarbonyl (C=S) groups is 1. The third-order valence-corrected chi connectivity index (χ3v) is 5.43. The van der Waals surface area contributed by atoms with Gasteiger partial charge in [-0.2, -0.15) is 0 Å². The van der Waals surface area contributed by atoms with E-state index in [2.05, 4.69) is 17.2 Å². The van der Waals surface area contributed by atoms with Crippen LogP contribution in [0.1, 0.15) is 38.1 Å². The van der Waals surface area contributed by atoms with E-state index in [0.717, 1.165) is 28.1 Å². The Balaban J connectivity index is 2.23. The molecule has 0 aliphatic rings. The van der Waals surface area contributed by atoms with Crippen molar-refractivity contribution in [3.8, 4) is 0 Å². The molecule has 6 heteroatoms. The van der Waals surface area contributed by atoms with Gasteiger partial charge in [0.1, 0.15) is 5.01 Å². The molecule has 0 aliphatic heterocycles. The maximum absolute atomic E-state index is 12.2. The molecule has 4 nitrogen and oxygen atoms in total. The fourth-order valence-electron chi connectivity index (χ4n) is 2.16. The van der Waals surface area contributed by atoms with Gasteiger partial charge in [0.15, 0.2) is 0 Å². The molecule has 1 aromatic carbocycles. The van der Waals surface area contributed by atoms with Gasteiger partial charge in [-0.15, -0.1) is 11.3 Å². The number of rotatable bonds is 7. The molecule has 1 atom stereocenters. The normalized spacial score (nSPS) is 13.7. The lowest BCUT2D eigenvalue weighted by molar-refractivity contribution is -0.121. The molecule has 22 heavy (non-hydrogen) atoms. The molecule has 0 aliphatic carbocycles. The van der Waals surface area contributed by atoms with Gasteiger partial charge in [0.2, 0.25) is 5.91 Å². The Morgan fingerprint density at radius 1 is 1.45 bits per heavy atom. The van der Waals surface area contributed by atoms with Crippen molar-refractivity contribution in [3.63, 3.8) is 0 Å². The largest absolute Gasteiger partial charge is 0.392 e. The van der Waals surface area contributed by atoms with E-state index in [4.69, 9.17) is 18.0 Å². The average molecular weight is 335 g/mol. The van der Waals surface area contributed by atoms with Gasteiger partial charge in [0.25, 0.3) is 0 Å². The number of nitrogens with zero attached hydrogens (tertiary/aromatic N) is 1. The van der Waals surface area contributed by atoms with Crippen molar-refractivity contribution in [1.29, 1.82) is 0 Å². The molecule has 0 fully saturated rings. The summed E-state index contributed by atoms with van der Waals surface area (Å²) in [4.78, 5) is 17.1. The van der Waals surface area contributed by atoms with Gasteiger partial charge in [-0.1, -0.05) is 37.7 Å². The van der Waals surface area contributed by atoms with Crippen LogP contribution in [0, 0.1) is 0 Å². The zero-order chi connectivity index (χ0) is 16.2. The second-order valence-corrected chi connectivity index (χ2v) is 7.03. The van der Waals surface area contributed by atoms with Crippen molar-refractivity contribution in [2.24, 2.45) is 5.73 Å². The molecule has 1 heterocycles. The van der Waals surface area contributed by atoms with Gasteiger partial charge >= 0.3 is 0 Å². The minimum absolute atomic E-state index is 0.0389. The van der Waals surface area contributed by atoms with Crippen molar-refractivity contribution in [2.75, 3.05) is 6.54 Å². The minimum Gasteiger partial charge on any atom is -0.392 e. The summed E-state index contributed by atoms with van der Waals surface area (Å²) in [7, 11) is 0. The number of benzene rings is 1. The van der Waals surface area contributed by atoms with E-state index < -0.39 is 5.41 Å². The number of carbonyl (C=O) groups is 1.